The maximum Gasteiger partial charge on any atom is 0.251 e. The number of carbonyl (C=O) groups excluding carboxylic acids is 1. The zero-order valence-electron chi connectivity index (χ0n) is 14.5. The third-order valence-corrected chi connectivity index (χ3v) is 3.77. The van der Waals surface area contributed by atoms with Crippen LogP contribution in [0.5, 0.6) is 11.5 Å². The molecule has 0 atom stereocenters. The summed E-state index contributed by atoms with van der Waals surface area (Å²) in [5.74, 6) is 2.10. The molecule has 0 bridgehead atoms. The van der Waals surface area contributed by atoms with Gasteiger partial charge >= 0.3 is 0 Å². The lowest BCUT2D eigenvalue weighted by Gasteiger charge is -2.11. The molecular weight excluding hydrogens is 334 g/mol. The van der Waals surface area contributed by atoms with Crippen molar-refractivity contribution in [2.24, 2.45) is 0 Å². The van der Waals surface area contributed by atoms with E-state index in [-0.39, 0.29) is 5.91 Å². The fourth-order valence-corrected chi connectivity index (χ4v) is 2.48. The summed E-state index contributed by atoms with van der Waals surface area (Å²) in [6.45, 7) is 0.982. The number of benzene rings is 1. The molecule has 8 nitrogen and oxygen atoms in total. The number of carbonyl (C=O) groups is 1. The standard InChI is InChI=1S/C18H19N5O3/c1-25-14-5-4-13(12-15(14)26-2)18(24)22-9-11-23-10-8-21-17(23)16-19-6-3-7-20-16/h3-8,10,12H,9,11H2,1-2H3,(H,22,24). The molecular formula is C18H19N5O3. The van der Waals surface area contributed by atoms with Crippen molar-refractivity contribution >= 4 is 5.91 Å². The van der Waals surface area contributed by atoms with Crippen molar-refractivity contribution in [1.82, 2.24) is 24.8 Å². The van der Waals surface area contributed by atoms with Gasteiger partial charge in [-0.3, -0.25) is 4.79 Å². The number of rotatable bonds is 7. The Morgan fingerprint density at radius 2 is 1.85 bits per heavy atom. The normalized spacial score (nSPS) is 10.4. The van der Waals surface area contributed by atoms with Crippen LogP contribution in [0.25, 0.3) is 11.6 Å². The summed E-state index contributed by atoms with van der Waals surface area (Å²) in [6, 6.07) is 6.79. The second kappa shape index (κ2) is 8.11. The first kappa shape index (κ1) is 17.4. The van der Waals surface area contributed by atoms with E-state index in [0.29, 0.717) is 41.8 Å². The van der Waals surface area contributed by atoms with Gasteiger partial charge in [-0.05, 0) is 24.3 Å². The summed E-state index contributed by atoms with van der Waals surface area (Å²) in [6.07, 6.45) is 6.84. The first-order valence-corrected chi connectivity index (χ1v) is 8.01. The number of methoxy groups -OCH3 is 2. The topological polar surface area (TPSA) is 91.2 Å². The Hall–Kier alpha value is -3.42. The van der Waals surface area contributed by atoms with Crippen LogP contribution in [0.3, 0.4) is 0 Å². The molecule has 8 heteroatoms. The van der Waals surface area contributed by atoms with Crippen molar-refractivity contribution in [3.8, 4) is 23.1 Å². The van der Waals surface area contributed by atoms with Gasteiger partial charge in [-0.1, -0.05) is 0 Å². The van der Waals surface area contributed by atoms with Gasteiger partial charge < -0.3 is 19.4 Å². The highest BCUT2D eigenvalue weighted by Crippen LogP contribution is 2.27. The first-order chi connectivity index (χ1) is 12.7. The smallest absolute Gasteiger partial charge is 0.251 e. The lowest BCUT2D eigenvalue weighted by molar-refractivity contribution is 0.0952. The molecule has 3 aromatic rings. The average Bonchev–Trinajstić information content (AvgIpc) is 3.16. The highest BCUT2D eigenvalue weighted by Gasteiger charge is 2.11. The highest BCUT2D eigenvalue weighted by molar-refractivity contribution is 5.94. The summed E-state index contributed by atoms with van der Waals surface area (Å²) in [4.78, 5) is 25.0. The van der Waals surface area contributed by atoms with E-state index >= 15 is 0 Å². The molecule has 0 spiro atoms. The molecule has 1 N–H and O–H groups in total. The number of aromatic nitrogens is 4. The minimum absolute atomic E-state index is 0.191. The molecule has 1 aromatic carbocycles. The van der Waals surface area contributed by atoms with E-state index in [1.54, 1.807) is 50.0 Å². The third kappa shape index (κ3) is 3.80. The molecule has 0 aliphatic carbocycles. The van der Waals surface area contributed by atoms with Gasteiger partial charge in [0.05, 0.1) is 14.2 Å². The third-order valence-electron chi connectivity index (χ3n) is 3.77. The highest BCUT2D eigenvalue weighted by atomic mass is 16.5. The fourth-order valence-electron chi connectivity index (χ4n) is 2.48. The van der Waals surface area contributed by atoms with Crippen LogP contribution in [0.4, 0.5) is 0 Å². The van der Waals surface area contributed by atoms with E-state index in [1.165, 1.54) is 7.11 Å². The molecule has 2 heterocycles. The van der Waals surface area contributed by atoms with Gasteiger partial charge in [0, 0.05) is 43.4 Å². The zero-order chi connectivity index (χ0) is 18.4. The molecule has 1 amide bonds. The summed E-state index contributed by atoms with van der Waals surface area (Å²) in [7, 11) is 3.09. The predicted molar refractivity (Wildman–Crippen MR) is 95.1 cm³/mol. The number of imidazole rings is 1. The number of nitrogens with zero attached hydrogens (tertiary/aromatic N) is 4. The van der Waals surface area contributed by atoms with Gasteiger partial charge in [0.25, 0.3) is 5.91 Å². The van der Waals surface area contributed by atoms with E-state index < -0.39 is 0 Å². The minimum Gasteiger partial charge on any atom is -0.493 e. The molecule has 0 unspecified atom stereocenters. The molecule has 3 rings (SSSR count). The second-order valence-corrected chi connectivity index (χ2v) is 5.34. The van der Waals surface area contributed by atoms with Gasteiger partial charge in [-0.2, -0.15) is 0 Å². The molecule has 2 aromatic heterocycles. The van der Waals surface area contributed by atoms with Crippen LogP contribution in [0.1, 0.15) is 10.4 Å². The Morgan fingerprint density at radius 3 is 2.58 bits per heavy atom. The summed E-state index contributed by atoms with van der Waals surface area (Å²) >= 11 is 0. The van der Waals surface area contributed by atoms with E-state index in [1.807, 2.05) is 10.8 Å². The van der Waals surface area contributed by atoms with E-state index in [4.69, 9.17) is 9.47 Å². The molecule has 0 radical (unpaired) electrons. The van der Waals surface area contributed by atoms with Gasteiger partial charge in [0.1, 0.15) is 0 Å². The Morgan fingerprint density at radius 1 is 1.08 bits per heavy atom. The molecule has 0 saturated heterocycles. The number of amides is 1. The maximum absolute atomic E-state index is 12.3. The van der Waals surface area contributed by atoms with Crippen LogP contribution in [0.15, 0.2) is 49.1 Å². The molecule has 0 aliphatic heterocycles. The van der Waals surface area contributed by atoms with Crippen molar-refractivity contribution in [2.45, 2.75) is 6.54 Å². The fraction of sp³-hybridized carbons (Fsp3) is 0.222. The SMILES string of the molecule is COc1ccc(C(=O)NCCn2ccnc2-c2ncccn2)cc1OC. The number of ether oxygens (including phenoxy) is 2. The number of hydrogen-bond acceptors (Lipinski definition) is 6. The van der Waals surface area contributed by atoms with Crippen molar-refractivity contribution in [2.75, 3.05) is 20.8 Å². The van der Waals surface area contributed by atoms with E-state index in [0.717, 1.165) is 0 Å². The molecule has 26 heavy (non-hydrogen) atoms. The van der Waals surface area contributed by atoms with E-state index in [9.17, 15) is 4.79 Å². The van der Waals surface area contributed by atoms with Crippen LogP contribution in [0.2, 0.25) is 0 Å². The largest absolute Gasteiger partial charge is 0.493 e. The van der Waals surface area contributed by atoms with Crippen molar-refractivity contribution in [3.05, 3.63) is 54.6 Å². The Bertz CT molecular complexity index is 880. The number of nitrogens with one attached hydrogen (secondary N) is 1. The lowest BCUT2D eigenvalue weighted by Crippen LogP contribution is -2.27. The molecule has 0 saturated carbocycles. The van der Waals surface area contributed by atoms with Gasteiger partial charge in [0.15, 0.2) is 23.1 Å². The Kier molecular flexibility index (Phi) is 5.43. The van der Waals surface area contributed by atoms with Crippen molar-refractivity contribution < 1.29 is 14.3 Å². The molecule has 0 fully saturated rings. The van der Waals surface area contributed by atoms with Crippen LogP contribution in [-0.4, -0.2) is 46.2 Å². The van der Waals surface area contributed by atoms with Crippen molar-refractivity contribution in [3.63, 3.8) is 0 Å². The monoisotopic (exact) mass is 353 g/mol. The first-order valence-electron chi connectivity index (χ1n) is 8.01. The molecule has 0 aliphatic rings. The lowest BCUT2D eigenvalue weighted by atomic mass is 10.2. The van der Waals surface area contributed by atoms with E-state index in [2.05, 4.69) is 20.3 Å². The Balaban J connectivity index is 1.62. The summed E-state index contributed by atoms with van der Waals surface area (Å²) in [5.41, 5.74) is 0.500. The number of hydrogen-bond donors (Lipinski definition) is 1. The Labute approximate surface area is 150 Å². The second-order valence-electron chi connectivity index (χ2n) is 5.34. The van der Waals surface area contributed by atoms with Crippen molar-refractivity contribution in [1.29, 1.82) is 0 Å². The zero-order valence-corrected chi connectivity index (χ0v) is 14.5. The van der Waals surface area contributed by atoms with Crippen LogP contribution < -0.4 is 14.8 Å². The molecule has 134 valence electrons. The van der Waals surface area contributed by atoms with Crippen LogP contribution in [-0.2, 0) is 6.54 Å². The summed E-state index contributed by atoms with van der Waals surface area (Å²) < 4.78 is 12.3. The summed E-state index contributed by atoms with van der Waals surface area (Å²) in [5, 5.41) is 2.88. The van der Waals surface area contributed by atoms with Crippen LogP contribution >= 0.6 is 0 Å². The van der Waals surface area contributed by atoms with Gasteiger partial charge in [-0.15, -0.1) is 0 Å². The average molecular weight is 353 g/mol. The van der Waals surface area contributed by atoms with Gasteiger partial charge in [0.2, 0.25) is 0 Å². The predicted octanol–water partition coefficient (Wildman–Crippen LogP) is 1.79. The van der Waals surface area contributed by atoms with Crippen LogP contribution in [0, 0.1) is 0 Å². The quantitative estimate of drug-likeness (QED) is 0.696. The maximum atomic E-state index is 12.3. The minimum atomic E-state index is -0.191. The van der Waals surface area contributed by atoms with Gasteiger partial charge in [-0.25, -0.2) is 15.0 Å².